The van der Waals surface area contributed by atoms with Crippen LogP contribution in [-0.4, -0.2) is 20.1 Å². The highest BCUT2D eigenvalue weighted by Gasteiger charge is 2.20. The van der Waals surface area contributed by atoms with E-state index in [1.165, 1.54) is 0 Å². The molecule has 0 bridgehead atoms. The maximum atomic E-state index is 9.72. The molecule has 1 aromatic rings. The molecule has 0 spiro atoms. The highest BCUT2D eigenvalue weighted by molar-refractivity contribution is 9.10. The van der Waals surface area contributed by atoms with Crippen molar-refractivity contribution in [2.24, 2.45) is 13.0 Å². The van der Waals surface area contributed by atoms with Gasteiger partial charge in [0.25, 0.3) is 0 Å². The molecular formula is C7H12BrN3O. The predicted octanol–water partition coefficient (Wildman–Crippen LogP) is 1.27. The van der Waals surface area contributed by atoms with E-state index in [0.717, 1.165) is 5.69 Å². The van der Waals surface area contributed by atoms with Crippen molar-refractivity contribution in [1.82, 2.24) is 15.0 Å². The molecule has 1 atom stereocenters. The number of halogens is 1. The zero-order valence-electron chi connectivity index (χ0n) is 7.32. The van der Waals surface area contributed by atoms with Gasteiger partial charge >= 0.3 is 0 Å². The normalized spacial score (nSPS) is 13.8. The fourth-order valence-corrected chi connectivity index (χ4v) is 1.53. The Kier molecular flexibility index (Phi) is 2.85. The summed E-state index contributed by atoms with van der Waals surface area (Å²) >= 11 is 3.23. The minimum absolute atomic E-state index is 0.165. The first-order chi connectivity index (χ1) is 5.54. The lowest BCUT2D eigenvalue weighted by Crippen LogP contribution is -2.11. The average molecular weight is 234 g/mol. The van der Waals surface area contributed by atoms with Gasteiger partial charge < -0.3 is 5.11 Å². The van der Waals surface area contributed by atoms with E-state index in [0.29, 0.717) is 4.60 Å². The second-order valence-corrected chi connectivity index (χ2v) is 3.83. The fourth-order valence-electron chi connectivity index (χ4n) is 0.968. The van der Waals surface area contributed by atoms with Crippen LogP contribution in [0, 0.1) is 5.92 Å². The van der Waals surface area contributed by atoms with Crippen LogP contribution in [-0.2, 0) is 7.05 Å². The molecule has 1 unspecified atom stereocenters. The predicted molar refractivity (Wildman–Crippen MR) is 48.5 cm³/mol. The van der Waals surface area contributed by atoms with Crippen LogP contribution in [0.3, 0.4) is 0 Å². The molecule has 0 aromatic carbocycles. The number of aryl methyl sites for hydroxylation is 1. The second kappa shape index (κ2) is 3.53. The number of hydrogen-bond acceptors (Lipinski definition) is 3. The first-order valence-electron chi connectivity index (χ1n) is 3.77. The highest BCUT2D eigenvalue weighted by Crippen LogP contribution is 2.25. The molecule has 0 aliphatic rings. The zero-order valence-corrected chi connectivity index (χ0v) is 8.91. The minimum atomic E-state index is -0.514. The molecule has 4 nitrogen and oxygen atoms in total. The van der Waals surface area contributed by atoms with Crippen LogP contribution >= 0.6 is 15.9 Å². The highest BCUT2D eigenvalue weighted by atomic mass is 79.9. The van der Waals surface area contributed by atoms with E-state index in [2.05, 4.69) is 26.2 Å². The Morgan fingerprint density at radius 3 is 2.42 bits per heavy atom. The molecule has 0 fully saturated rings. The first-order valence-corrected chi connectivity index (χ1v) is 4.56. The average Bonchev–Trinajstić information content (AvgIpc) is 2.30. The molecule has 1 N–H and O–H groups in total. The summed E-state index contributed by atoms with van der Waals surface area (Å²) in [5, 5.41) is 17.3. The largest absolute Gasteiger partial charge is 0.386 e. The van der Waals surface area contributed by atoms with Gasteiger partial charge in [0.05, 0.1) is 0 Å². The lowest BCUT2D eigenvalue weighted by Gasteiger charge is -2.13. The van der Waals surface area contributed by atoms with E-state index in [4.69, 9.17) is 0 Å². The molecule has 1 rings (SSSR count). The van der Waals surface area contributed by atoms with E-state index in [-0.39, 0.29) is 5.92 Å². The van der Waals surface area contributed by atoms with Crippen LogP contribution in [0.25, 0.3) is 0 Å². The topological polar surface area (TPSA) is 50.9 Å². The summed E-state index contributed by atoms with van der Waals surface area (Å²) < 4.78 is 2.19. The van der Waals surface area contributed by atoms with Crippen LogP contribution < -0.4 is 0 Å². The Labute approximate surface area is 79.7 Å². The molecule has 0 aliphatic carbocycles. The van der Waals surface area contributed by atoms with Crippen molar-refractivity contribution in [3.63, 3.8) is 0 Å². The Balaban J connectivity index is 3.00. The molecule has 68 valence electrons. The van der Waals surface area contributed by atoms with E-state index in [1.54, 1.807) is 11.7 Å². The summed E-state index contributed by atoms with van der Waals surface area (Å²) in [6.45, 7) is 3.90. The smallest absolute Gasteiger partial charge is 0.154 e. The second-order valence-electron chi connectivity index (χ2n) is 3.08. The number of aliphatic hydroxyl groups is 1. The molecule has 12 heavy (non-hydrogen) atoms. The van der Waals surface area contributed by atoms with E-state index < -0.39 is 6.10 Å². The lowest BCUT2D eigenvalue weighted by atomic mass is 10.1. The molecule has 0 saturated carbocycles. The number of nitrogens with zero attached hydrogens (tertiary/aromatic N) is 3. The summed E-state index contributed by atoms with van der Waals surface area (Å²) in [6.07, 6.45) is -0.514. The summed E-state index contributed by atoms with van der Waals surface area (Å²) in [6, 6.07) is 0. The quantitative estimate of drug-likeness (QED) is 0.838. The van der Waals surface area contributed by atoms with Gasteiger partial charge in [0.1, 0.15) is 11.8 Å². The van der Waals surface area contributed by atoms with Gasteiger partial charge in [-0.1, -0.05) is 19.1 Å². The van der Waals surface area contributed by atoms with Gasteiger partial charge in [-0.15, -0.1) is 5.10 Å². The summed E-state index contributed by atoms with van der Waals surface area (Å²) in [5.41, 5.74) is 0.727. The Hall–Kier alpha value is -0.420. The van der Waals surface area contributed by atoms with E-state index in [9.17, 15) is 5.11 Å². The van der Waals surface area contributed by atoms with Crippen molar-refractivity contribution in [3.8, 4) is 0 Å². The molecule has 0 aliphatic heterocycles. The molecular weight excluding hydrogens is 222 g/mol. The molecule has 0 radical (unpaired) electrons. The van der Waals surface area contributed by atoms with Gasteiger partial charge in [-0.25, -0.2) is 4.68 Å². The third-order valence-electron chi connectivity index (χ3n) is 1.74. The van der Waals surface area contributed by atoms with Crippen molar-refractivity contribution < 1.29 is 5.11 Å². The van der Waals surface area contributed by atoms with Crippen molar-refractivity contribution >= 4 is 15.9 Å². The van der Waals surface area contributed by atoms with Crippen LogP contribution in [0.4, 0.5) is 0 Å². The third-order valence-corrected chi connectivity index (χ3v) is 2.30. The number of aliphatic hydroxyl groups excluding tert-OH is 1. The monoisotopic (exact) mass is 233 g/mol. The molecule has 1 heterocycles. The van der Waals surface area contributed by atoms with Gasteiger partial charge in [0, 0.05) is 7.05 Å². The maximum absolute atomic E-state index is 9.72. The lowest BCUT2D eigenvalue weighted by molar-refractivity contribution is 0.117. The van der Waals surface area contributed by atoms with Crippen molar-refractivity contribution in [3.05, 3.63) is 10.3 Å². The molecule has 0 amide bonds. The Morgan fingerprint density at radius 1 is 1.50 bits per heavy atom. The Bertz CT molecular complexity index is 252. The maximum Gasteiger partial charge on any atom is 0.154 e. The van der Waals surface area contributed by atoms with Crippen molar-refractivity contribution in [2.45, 2.75) is 20.0 Å². The van der Waals surface area contributed by atoms with Crippen LogP contribution in [0.5, 0.6) is 0 Å². The summed E-state index contributed by atoms with van der Waals surface area (Å²) in [5.74, 6) is 0.165. The van der Waals surface area contributed by atoms with Gasteiger partial charge in [-0.2, -0.15) is 0 Å². The first kappa shape index (κ1) is 9.67. The minimum Gasteiger partial charge on any atom is -0.386 e. The number of aromatic nitrogens is 3. The Morgan fingerprint density at radius 2 is 2.08 bits per heavy atom. The van der Waals surface area contributed by atoms with Crippen molar-refractivity contribution in [2.75, 3.05) is 0 Å². The molecule has 0 saturated heterocycles. The van der Waals surface area contributed by atoms with E-state index in [1.807, 2.05) is 13.8 Å². The SMILES string of the molecule is CC(C)C(O)c1c(Br)nnn1C. The van der Waals surface area contributed by atoms with Crippen LogP contribution in [0.2, 0.25) is 0 Å². The third kappa shape index (κ3) is 1.67. The van der Waals surface area contributed by atoms with Gasteiger partial charge in [0.2, 0.25) is 0 Å². The summed E-state index contributed by atoms with van der Waals surface area (Å²) in [7, 11) is 1.76. The van der Waals surface area contributed by atoms with E-state index >= 15 is 0 Å². The standard InChI is InChI=1S/C7H12BrN3O/c1-4(2)6(12)5-7(8)9-10-11(5)3/h4,6,12H,1-3H3. The van der Waals surface area contributed by atoms with Crippen LogP contribution in [0.15, 0.2) is 4.60 Å². The van der Waals surface area contributed by atoms with Gasteiger partial charge in [-0.05, 0) is 21.8 Å². The van der Waals surface area contributed by atoms with Crippen LogP contribution in [0.1, 0.15) is 25.6 Å². The molecule has 5 heteroatoms. The van der Waals surface area contributed by atoms with Gasteiger partial charge in [0.15, 0.2) is 4.60 Å². The summed E-state index contributed by atoms with van der Waals surface area (Å²) in [4.78, 5) is 0. The van der Waals surface area contributed by atoms with Gasteiger partial charge in [-0.3, -0.25) is 0 Å². The fraction of sp³-hybridized carbons (Fsp3) is 0.714. The molecule has 1 aromatic heterocycles. The number of rotatable bonds is 2. The van der Waals surface area contributed by atoms with Crippen molar-refractivity contribution in [1.29, 1.82) is 0 Å². The number of hydrogen-bond donors (Lipinski definition) is 1. The zero-order chi connectivity index (χ0) is 9.30.